The molecule has 0 aromatic heterocycles. The Labute approximate surface area is 206 Å². The minimum Gasteiger partial charge on any atom is -0.504 e. The van der Waals surface area contributed by atoms with Crippen molar-refractivity contribution in [3.05, 3.63) is 35.4 Å². The fraction of sp³-hybridized carbons (Fsp3) is 0.500. The molecule has 1 saturated carbocycles. The number of phenolic OH excluding ortho intramolecular Hbond substituents is 1. The number of imide groups is 2. The van der Waals surface area contributed by atoms with Crippen LogP contribution in [0.4, 0.5) is 0 Å². The molecule has 2 saturated heterocycles. The average molecular weight is 507 g/mol. The molecule has 1 N–H and O–H groups in total. The number of hydrogen-bond acceptors (Lipinski definition) is 6. The third-order valence-corrected chi connectivity index (χ3v) is 9.29. The first kappa shape index (κ1) is 23.2. The zero-order chi connectivity index (χ0) is 24.7. The Morgan fingerprint density at radius 1 is 1.06 bits per heavy atom. The zero-order valence-electron chi connectivity index (χ0n) is 18.9. The van der Waals surface area contributed by atoms with Crippen LogP contribution in [0.25, 0.3) is 0 Å². The minimum absolute atomic E-state index is 0.0742. The molecular weight excluding hydrogens is 483 g/mol. The quantitative estimate of drug-likeness (QED) is 0.383. The lowest BCUT2D eigenvalue weighted by Gasteiger charge is -2.50. The molecule has 1 aromatic carbocycles. The number of rotatable bonds is 3. The number of alkyl halides is 2. The summed E-state index contributed by atoms with van der Waals surface area (Å²) in [5.74, 6) is -4.86. The van der Waals surface area contributed by atoms with Crippen LogP contribution in [0.3, 0.4) is 0 Å². The van der Waals surface area contributed by atoms with Gasteiger partial charge in [-0.2, -0.15) is 0 Å². The molecule has 0 radical (unpaired) electrons. The molecule has 2 aliphatic heterocycles. The molecule has 1 aromatic rings. The van der Waals surface area contributed by atoms with E-state index in [2.05, 4.69) is 0 Å². The van der Waals surface area contributed by atoms with Gasteiger partial charge >= 0.3 is 0 Å². The van der Waals surface area contributed by atoms with Crippen molar-refractivity contribution in [3.8, 4) is 11.5 Å². The first-order chi connectivity index (χ1) is 16.0. The van der Waals surface area contributed by atoms with Gasteiger partial charge in [-0.1, -0.05) is 23.8 Å². The van der Waals surface area contributed by atoms with Gasteiger partial charge in [0.05, 0.1) is 18.4 Å². The lowest BCUT2D eigenvalue weighted by molar-refractivity contribution is -0.140. The van der Waals surface area contributed by atoms with E-state index in [1.54, 1.807) is 25.1 Å². The standard InChI is InChI=1S/C24H24Cl2N2O6/c1-4-34-15-7-5-6-13(18(15)29)17-11-8-9-12-16(20(31)27(2)19(12)30)14(11)10-23(25)21(32)28(3)22(33)24(17,23)26/h5-8,12,14,16-17,29H,4,9-10H2,1-3H3/t12-,14+,16-,17+,23+,24-/m0/s1. The van der Waals surface area contributed by atoms with E-state index in [9.17, 15) is 24.3 Å². The highest BCUT2D eigenvalue weighted by Gasteiger charge is 2.76. The lowest BCUT2D eigenvalue weighted by Crippen LogP contribution is -2.60. The lowest BCUT2D eigenvalue weighted by atomic mass is 9.56. The largest absolute Gasteiger partial charge is 0.504 e. The number of para-hydroxylation sites is 1. The van der Waals surface area contributed by atoms with Crippen LogP contribution < -0.4 is 4.74 Å². The number of benzene rings is 1. The van der Waals surface area contributed by atoms with Crippen molar-refractivity contribution < 1.29 is 29.0 Å². The third kappa shape index (κ3) is 2.61. The van der Waals surface area contributed by atoms with E-state index in [1.807, 2.05) is 6.08 Å². The summed E-state index contributed by atoms with van der Waals surface area (Å²) >= 11 is 14.1. The molecule has 5 rings (SSSR count). The van der Waals surface area contributed by atoms with E-state index >= 15 is 0 Å². The van der Waals surface area contributed by atoms with Crippen molar-refractivity contribution >= 4 is 46.8 Å². The Bertz CT molecular complexity index is 1180. The summed E-state index contributed by atoms with van der Waals surface area (Å²) in [5, 5.41) is 11.1. The number of hydrogen-bond donors (Lipinski definition) is 1. The van der Waals surface area contributed by atoms with Crippen molar-refractivity contribution in [2.75, 3.05) is 20.7 Å². The second kappa shape index (κ2) is 7.46. The van der Waals surface area contributed by atoms with Crippen LogP contribution in [0.1, 0.15) is 31.2 Å². The summed E-state index contributed by atoms with van der Waals surface area (Å²) in [7, 11) is 2.77. The number of aromatic hydroxyl groups is 1. The molecule has 180 valence electrons. The molecular formula is C24H24Cl2N2O6. The van der Waals surface area contributed by atoms with Crippen LogP contribution in [0, 0.1) is 17.8 Å². The number of halogens is 2. The molecule has 2 aliphatic carbocycles. The Morgan fingerprint density at radius 3 is 2.44 bits per heavy atom. The van der Waals surface area contributed by atoms with Crippen LogP contribution in [-0.2, 0) is 19.2 Å². The Morgan fingerprint density at radius 2 is 1.76 bits per heavy atom. The number of amides is 4. The maximum Gasteiger partial charge on any atom is 0.253 e. The second-order valence-corrected chi connectivity index (χ2v) is 10.6. The van der Waals surface area contributed by atoms with E-state index in [-0.39, 0.29) is 41.7 Å². The predicted molar refractivity (Wildman–Crippen MR) is 123 cm³/mol. The number of likely N-dealkylation sites (tertiary alicyclic amines) is 2. The number of carbonyl (C=O) groups is 4. The summed E-state index contributed by atoms with van der Waals surface area (Å²) < 4.78 is 5.54. The minimum atomic E-state index is -1.94. The van der Waals surface area contributed by atoms with Crippen LogP contribution in [0.15, 0.2) is 29.8 Å². The van der Waals surface area contributed by atoms with Gasteiger partial charge in [0.1, 0.15) is 0 Å². The SMILES string of the molecule is CCOc1cccc([C@H]2C3=CC[C@@H]4C(=O)N(C)C(=O)[C@@H]4[C@@H]3C[C@@]3(Cl)C(=O)N(C)C(=O)[C@@]23Cl)c1O. The maximum atomic E-state index is 13.5. The number of carbonyl (C=O) groups excluding carboxylic acids is 4. The van der Waals surface area contributed by atoms with Gasteiger partial charge in [-0.25, -0.2) is 0 Å². The topological polar surface area (TPSA) is 104 Å². The fourth-order valence-electron chi connectivity index (χ4n) is 6.29. The Balaban J connectivity index is 1.76. The van der Waals surface area contributed by atoms with E-state index in [0.717, 1.165) is 9.80 Å². The number of ether oxygens (including phenoxy) is 1. The van der Waals surface area contributed by atoms with Crippen molar-refractivity contribution in [1.29, 1.82) is 0 Å². The van der Waals surface area contributed by atoms with Gasteiger partial charge in [-0.05, 0) is 31.7 Å². The molecule has 4 amide bonds. The summed E-state index contributed by atoms with van der Waals surface area (Å²) in [4.78, 5) is 50.8. The predicted octanol–water partition coefficient (Wildman–Crippen LogP) is 2.41. The number of fused-ring (bicyclic) bond motifs is 4. The first-order valence-corrected chi connectivity index (χ1v) is 11.9. The number of allylic oxidation sites excluding steroid dienone is 2. The Hall–Kier alpha value is -2.58. The average Bonchev–Trinajstić information content (AvgIpc) is 3.11. The normalized spacial score (nSPS) is 36.9. The molecule has 4 aliphatic rings. The Kier molecular flexibility index (Phi) is 5.08. The van der Waals surface area contributed by atoms with E-state index in [0.29, 0.717) is 12.2 Å². The van der Waals surface area contributed by atoms with Gasteiger partial charge in [0, 0.05) is 25.6 Å². The van der Waals surface area contributed by atoms with Crippen LogP contribution in [0.2, 0.25) is 0 Å². The first-order valence-electron chi connectivity index (χ1n) is 11.2. The highest BCUT2D eigenvalue weighted by atomic mass is 35.5. The van der Waals surface area contributed by atoms with Gasteiger partial charge in [0.15, 0.2) is 21.2 Å². The van der Waals surface area contributed by atoms with Crippen molar-refractivity contribution in [3.63, 3.8) is 0 Å². The van der Waals surface area contributed by atoms with Gasteiger partial charge in [0.25, 0.3) is 11.8 Å². The van der Waals surface area contributed by atoms with Crippen molar-refractivity contribution in [1.82, 2.24) is 9.80 Å². The molecule has 6 atom stereocenters. The maximum absolute atomic E-state index is 13.5. The molecule has 34 heavy (non-hydrogen) atoms. The third-order valence-electron chi connectivity index (χ3n) is 7.88. The molecule has 0 unspecified atom stereocenters. The van der Waals surface area contributed by atoms with Gasteiger partial charge < -0.3 is 9.84 Å². The summed E-state index contributed by atoms with van der Waals surface area (Å²) in [6.07, 6.45) is 2.04. The molecule has 0 spiro atoms. The van der Waals surface area contributed by atoms with Gasteiger partial charge in [-0.15, -0.1) is 23.2 Å². The molecule has 0 bridgehead atoms. The number of nitrogens with zero attached hydrogens (tertiary/aromatic N) is 2. The van der Waals surface area contributed by atoms with Crippen molar-refractivity contribution in [2.24, 2.45) is 17.8 Å². The monoisotopic (exact) mass is 506 g/mol. The molecule has 10 heteroatoms. The highest BCUT2D eigenvalue weighted by Crippen LogP contribution is 2.66. The summed E-state index contributed by atoms with van der Waals surface area (Å²) in [6, 6.07) is 4.86. The smallest absolute Gasteiger partial charge is 0.253 e. The fourth-order valence-corrected chi connectivity index (χ4v) is 7.30. The van der Waals surface area contributed by atoms with Gasteiger partial charge in [-0.3, -0.25) is 29.0 Å². The molecule has 8 nitrogen and oxygen atoms in total. The van der Waals surface area contributed by atoms with E-state index in [4.69, 9.17) is 27.9 Å². The summed E-state index contributed by atoms with van der Waals surface area (Å²) in [6.45, 7) is 2.07. The van der Waals surface area contributed by atoms with Gasteiger partial charge in [0.2, 0.25) is 11.8 Å². The number of phenols is 1. The summed E-state index contributed by atoms with van der Waals surface area (Å²) in [5.41, 5.74) is 0.909. The highest BCUT2D eigenvalue weighted by molar-refractivity contribution is 6.53. The zero-order valence-corrected chi connectivity index (χ0v) is 20.4. The second-order valence-electron chi connectivity index (χ2n) is 9.36. The molecule has 2 heterocycles. The van der Waals surface area contributed by atoms with Crippen molar-refractivity contribution in [2.45, 2.75) is 35.4 Å². The van der Waals surface area contributed by atoms with Crippen LogP contribution in [-0.4, -0.2) is 69.0 Å². The van der Waals surface area contributed by atoms with Crippen LogP contribution in [0.5, 0.6) is 11.5 Å². The van der Waals surface area contributed by atoms with E-state index in [1.165, 1.54) is 14.1 Å². The van der Waals surface area contributed by atoms with E-state index < -0.39 is 45.2 Å². The molecule has 3 fully saturated rings. The van der Waals surface area contributed by atoms with Crippen LogP contribution >= 0.6 is 23.2 Å².